The van der Waals surface area contributed by atoms with E-state index in [1.807, 2.05) is 16.9 Å². The molecule has 1 saturated carbocycles. The highest BCUT2D eigenvalue weighted by Crippen LogP contribution is 2.48. The smallest absolute Gasteiger partial charge is 0.160 e. The standard InChI is InChI=1S/C23H29N9S/c1-6-17-21-30-28-14(3)31(21)18(11-24)20(32(17)15-9-23(4,5)10-15)27-13(2)16-12-26-29-19(16)22-25-7-8-33-22/h7-8,11-12,15,17H,2,6,9-10,24H2,1,3-5H3,(H,26,29)/b18-11+,27-20?/t17-/m1/s1. The minimum Gasteiger partial charge on any atom is -0.403 e. The molecule has 0 bridgehead atoms. The Bertz CT molecular complexity index is 1240. The zero-order valence-corrected chi connectivity index (χ0v) is 20.2. The van der Waals surface area contributed by atoms with E-state index in [1.165, 1.54) is 0 Å². The molecule has 0 aromatic carbocycles. The third-order valence-corrected chi connectivity index (χ3v) is 7.34. The molecule has 0 amide bonds. The Morgan fingerprint density at radius 1 is 1.39 bits per heavy atom. The zero-order valence-electron chi connectivity index (χ0n) is 19.4. The fourth-order valence-electron chi connectivity index (χ4n) is 5.08. The third-order valence-electron chi connectivity index (χ3n) is 6.55. The zero-order chi connectivity index (χ0) is 23.3. The summed E-state index contributed by atoms with van der Waals surface area (Å²) in [7, 11) is 0. The Hall–Kier alpha value is -3.27. The van der Waals surface area contributed by atoms with E-state index in [1.54, 1.807) is 29.9 Å². The molecule has 10 heteroatoms. The highest BCUT2D eigenvalue weighted by atomic mass is 32.1. The van der Waals surface area contributed by atoms with Crippen LogP contribution in [0.1, 0.15) is 63.3 Å². The van der Waals surface area contributed by atoms with Gasteiger partial charge in [0.05, 0.1) is 17.9 Å². The third kappa shape index (κ3) is 3.49. The van der Waals surface area contributed by atoms with Gasteiger partial charge in [-0.25, -0.2) is 9.98 Å². The number of hydrogen-bond acceptors (Lipinski definition) is 7. The maximum absolute atomic E-state index is 6.20. The summed E-state index contributed by atoms with van der Waals surface area (Å²) in [4.78, 5) is 11.9. The van der Waals surface area contributed by atoms with E-state index in [-0.39, 0.29) is 6.04 Å². The molecule has 5 rings (SSSR count). The number of thiazole rings is 1. The number of aliphatic imine (C=N–C) groups is 1. The molecule has 0 saturated heterocycles. The van der Waals surface area contributed by atoms with E-state index in [9.17, 15) is 0 Å². The number of fused-ring (bicyclic) bond motifs is 1. The van der Waals surface area contributed by atoms with Crippen LogP contribution in [-0.4, -0.2) is 46.7 Å². The molecule has 33 heavy (non-hydrogen) atoms. The van der Waals surface area contributed by atoms with Gasteiger partial charge in [0.15, 0.2) is 11.7 Å². The Morgan fingerprint density at radius 2 is 2.18 bits per heavy atom. The second kappa shape index (κ2) is 7.95. The molecule has 0 unspecified atom stereocenters. The van der Waals surface area contributed by atoms with Gasteiger partial charge >= 0.3 is 0 Å². The van der Waals surface area contributed by atoms with Crippen LogP contribution < -0.4 is 5.73 Å². The second-order valence-electron chi connectivity index (χ2n) is 9.43. The van der Waals surface area contributed by atoms with Crippen LogP contribution in [0.5, 0.6) is 0 Å². The number of nitrogens with two attached hydrogens (primary N) is 1. The first-order valence-corrected chi connectivity index (χ1v) is 12.1. The van der Waals surface area contributed by atoms with Gasteiger partial charge in [0.2, 0.25) is 0 Å². The number of rotatable bonds is 5. The summed E-state index contributed by atoms with van der Waals surface area (Å²) >= 11 is 1.54. The first-order chi connectivity index (χ1) is 15.8. The Balaban J connectivity index is 1.63. The molecule has 9 nitrogen and oxygen atoms in total. The summed E-state index contributed by atoms with van der Waals surface area (Å²) in [5, 5.41) is 19.0. The van der Waals surface area contributed by atoms with Crippen molar-refractivity contribution in [3.05, 3.63) is 47.8 Å². The number of nitrogens with one attached hydrogen (secondary N) is 1. The summed E-state index contributed by atoms with van der Waals surface area (Å²) in [5.74, 6) is 2.50. The Morgan fingerprint density at radius 3 is 2.82 bits per heavy atom. The van der Waals surface area contributed by atoms with Crippen LogP contribution in [0.25, 0.3) is 22.1 Å². The van der Waals surface area contributed by atoms with Crippen molar-refractivity contribution >= 4 is 28.6 Å². The molecule has 3 aromatic heterocycles. The molecule has 3 N–H and O–H groups in total. The van der Waals surface area contributed by atoms with Crippen molar-refractivity contribution < 1.29 is 0 Å². The maximum atomic E-state index is 6.20. The van der Waals surface area contributed by atoms with E-state index in [2.05, 4.69) is 57.6 Å². The number of H-pyrrole nitrogens is 1. The van der Waals surface area contributed by atoms with Gasteiger partial charge in [-0.15, -0.1) is 21.5 Å². The first-order valence-electron chi connectivity index (χ1n) is 11.2. The normalized spacial score (nSPS) is 22.5. The minimum absolute atomic E-state index is 0.0605. The molecule has 1 aliphatic heterocycles. The van der Waals surface area contributed by atoms with Crippen molar-refractivity contribution in [2.75, 3.05) is 0 Å². The number of hydrogen-bond donors (Lipinski definition) is 2. The van der Waals surface area contributed by atoms with E-state index >= 15 is 0 Å². The predicted molar refractivity (Wildman–Crippen MR) is 131 cm³/mol. The van der Waals surface area contributed by atoms with Gasteiger partial charge in [0.1, 0.15) is 22.2 Å². The van der Waals surface area contributed by atoms with Gasteiger partial charge in [0.25, 0.3) is 0 Å². The molecule has 1 fully saturated rings. The number of aryl methyl sites for hydroxylation is 1. The lowest BCUT2D eigenvalue weighted by Gasteiger charge is -2.53. The number of aromatic amines is 1. The van der Waals surface area contributed by atoms with Crippen molar-refractivity contribution in [1.29, 1.82) is 0 Å². The van der Waals surface area contributed by atoms with Gasteiger partial charge in [-0.2, -0.15) is 5.10 Å². The van der Waals surface area contributed by atoms with E-state index in [4.69, 9.17) is 10.7 Å². The van der Waals surface area contributed by atoms with Crippen LogP contribution in [0.2, 0.25) is 0 Å². The van der Waals surface area contributed by atoms with Crippen molar-refractivity contribution in [2.45, 2.75) is 59.0 Å². The monoisotopic (exact) mass is 463 g/mol. The molecule has 0 spiro atoms. The highest BCUT2D eigenvalue weighted by Gasteiger charge is 2.47. The molecule has 1 aliphatic carbocycles. The van der Waals surface area contributed by atoms with E-state index in [0.717, 1.165) is 58.7 Å². The van der Waals surface area contributed by atoms with Crippen LogP contribution >= 0.6 is 11.3 Å². The largest absolute Gasteiger partial charge is 0.403 e. The lowest BCUT2D eigenvalue weighted by Crippen LogP contribution is -2.55. The van der Waals surface area contributed by atoms with Gasteiger partial charge in [-0.05, 0) is 31.6 Å². The molecule has 4 heterocycles. The summed E-state index contributed by atoms with van der Waals surface area (Å²) in [6.07, 6.45) is 8.17. The average molecular weight is 464 g/mol. The van der Waals surface area contributed by atoms with Gasteiger partial charge in [-0.3, -0.25) is 9.67 Å². The van der Waals surface area contributed by atoms with Crippen LogP contribution in [0.3, 0.4) is 0 Å². The van der Waals surface area contributed by atoms with Gasteiger partial charge in [-0.1, -0.05) is 27.4 Å². The molecule has 0 radical (unpaired) electrons. The van der Waals surface area contributed by atoms with E-state index < -0.39 is 0 Å². The highest BCUT2D eigenvalue weighted by molar-refractivity contribution is 7.13. The summed E-state index contributed by atoms with van der Waals surface area (Å²) in [5.41, 5.74) is 9.53. The van der Waals surface area contributed by atoms with Gasteiger partial charge in [0, 0.05) is 29.4 Å². The second-order valence-corrected chi connectivity index (χ2v) is 10.3. The van der Waals surface area contributed by atoms with Crippen LogP contribution in [0, 0.1) is 12.3 Å². The number of amidine groups is 1. The van der Waals surface area contributed by atoms with Gasteiger partial charge < -0.3 is 10.6 Å². The summed E-state index contributed by atoms with van der Waals surface area (Å²) in [6.45, 7) is 13.0. The first kappa shape index (κ1) is 21.6. The molecular weight excluding hydrogens is 434 g/mol. The van der Waals surface area contributed by atoms with Crippen LogP contribution in [-0.2, 0) is 0 Å². The van der Waals surface area contributed by atoms with Crippen LogP contribution in [0.4, 0.5) is 0 Å². The Labute approximate surface area is 197 Å². The van der Waals surface area contributed by atoms with E-state index in [0.29, 0.717) is 17.2 Å². The molecular formula is C23H29N9S. The molecule has 3 aromatic rings. The van der Waals surface area contributed by atoms with Crippen molar-refractivity contribution in [1.82, 2.24) is 34.8 Å². The molecule has 1 atom stereocenters. The topological polar surface area (TPSA) is 114 Å². The van der Waals surface area contributed by atoms with Crippen molar-refractivity contribution in [3.63, 3.8) is 0 Å². The molecule has 2 aliphatic rings. The molecule has 172 valence electrons. The predicted octanol–water partition coefficient (Wildman–Crippen LogP) is 4.21. The summed E-state index contributed by atoms with van der Waals surface area (Å²) in [6, 6.07) is 0.408. The maximum Gasteiger partial charge on any atom is 0.160 e. The fourth-order valence-corrected chi connectivity index (χ4v) is 5.73. The van der Waals surface area contributed by atoms with Crippen molar-refractivity contribution in [3.8, 4) is 10.7 Å². The van der Waals surface area contributed by atoms with Crippen LogP contribution in [0.15, 0.2) is 35.5 Å². The van der Waals surface area contributed by atoms with Crippen molar-refractivity contribution in [2.24, 2.45) is 16.1 Å². The lowest BCUT2D eigenvalue weighted by molar-refractivity contribution is 0.0402. The summed E-state index contributed by atoms with van der Waals surface area (Å²) < 4.78 is 2.03. The fraction of sp³-hybridized carbons (Fsp3) is 0.435. The average Bonchev–Trinajstić information content (AvgIpc) is 3.52. The number of aromatic nitrogens is 6. The Kier molecular flexibility index (Phi) is 5.19. The lowest BCUT2D eigenvalue weighted by atomic mass is 9.67. The minimum atomic E-state index is 0.0605. The quantitative estimate of drug-likeness (QED) is 0.586. The SMILES string of the molecule is C=C(N=C1/C(=C\N)n2c(C)nnc2[C@@H](CC)N1C1CC(C)(C)C1)c1cn[nH]c1-c1nccs1. The number of nitrogens with zero attached hydrogens (tertiary/aromatic N) is 7.